The molecule has 2 bridgehead atoms. The molecule has 2 amide bonds. The number of amides is 2. The van der Waals surface area contributed by atoms with E-state index in [2.05, 4.69) is 56.5 Å². The molecule has 1 atom stereocenters. The van der Waals surface area contributed by atoms with Gasteiger partial charge in [0.05, 0.1) is 42.5 Å². The number of carbonyl (C=O) groups excluding carboxylic acids is 1. The number of nitrogens with zero attached hydrogens (tertiary/aromatic N) is 5. The van der Waals surface area contributed by atoms with Crippen molar-refractivity contribution in [2.24, 2.45) is 0 Å². The van der Waals surface area contributed by atoms with E-state index in [0.29, 0.717) is 5.69 Å². The van der Waals surface area contributed by atoms with Gasteiger partial charge in [-0.2, -0.15) is 0 Å². The molecule has 0 spiro atoms. The first-order valence-corrected chi connectivity index (χ1v) is 12.0. The SMILES string of the molecule is O=C(Nc1cccnc1)N1c2nc(-c3cccc(N4CCOCC4)c3)ccc2N2CCC[C@H]1C2. The van der Waals surface area contributed by atoms with E-state index in [1.165, 1.54) is 5.69 Å². The van der Waals surface area contributed by atoms with Crippen LogP contribution in [0.3, 0.4) is 0 Å². The average Bonchev–Trinajstić information content (AvgIpc) is 2.90. The summed E-state index contributed by atoms with van der Waals surface area (Å²) in [5, 5.41) is 3.01. The lowest BCUT2D eigenvalue weighted by Gasteiger charge is -2.45. The molecular weight excluding hydrogens is 428 g/mol. The Hall–Kier alpha value is -3.65. The fourth-order valence-corrected chi connectivity index (χ4v) is 5.15. The third kappa shape index (κ3) is 3.94. The summed E-state index contributed by atoms with van der Waals surface area (Å²) in [5.74, 6) is 0.728. The molecule has 3 aliphatic rings. The molecule has 34 heavy (non-hydrogen) atoms. The number of fused-ring (bicyclic) bond motifs is 4. The van der Waals surface area contributed by atoms with Crippen LogP contribution in [0.1, 0.15) is 12.8 Å². The zero-order valence-corrected chi connectivity index (χ0v) is 19.1. The molecule has 0 unspecified atom stereocenters. The van der Waals surface area contributed by atoms with Crippen LogP contribution in [0.5, 0.6) is 0 Å². The van der Waals surface area contributed by atoms with Gasteiger partial charge in [-0.25, -0.2) is 9.78 Å². The maximum absolute atomic E-state index is 13.4. The summed E-state index contributed by atoms with van der Waals surface area (Å²) in [6.07, 6.45) is 5.39. The van der Waals surface area contributed by atoms with E-state index in [0.717, 1.165) is 75.0 Å². The number of nitrogens with one attached hydrogen (secondary N) is 1. The van der Waals surface area contributed by atoms with Crippen LogP contribution in [0.15, 0.2) is 60.9 Å². The summed E-state index contributed by atoms with van der Waals surface area (Å²) < 4.78 is 5.51. The molecule has 2 aromatic heterocycles. The fourth-order valence-electron chi connectivity index (χ4n) is 5.15. The maximum atomic E-state index is 13.4. The molecule has 0 aliphatic carbocycles. The van der Waals surface area contributed by atoms with Gasteiger partial charge in [0.15, 0.2) is 5.82 Å². The second-order valence-corrected chi connectivity index (χ2v) is 8.97. The van der Waals surface area contributed by atoms with E-state index in [4.69, 9.17) is 9.72 Å². The standard InChI is InChI=1S/C26H28N6O2/c33-26(28-20-5-2-10-27-17-20)32-22-7-3-11-31(18-22)24-9-8-23(29-25(24)32)19-4-1-6-21(16-19)30-12-14-34-15-13-30/h1-2,4-6,8-10,16-17,22H,3,7,11-15,18H2,(H,28,33)/t22-/m0/s1. The number of carbonyl (C=O) groups is 1. The Morgan fingerprint density at radius 2 is 1.94 bits per heavy atom. The third-order valence-corrected chi connectivity index (χ3v) is 6.83. The maximum Gasteiger partial charge on any atom is 0.327 e. The molecule has 2 saturated heterocycles. The Morgan fingerprint density at radius 1 is 1.03 bits per heavy atom. The number of urea groups is 1. The van der Waals surface area contributed by atoms with Crippen LogP contribution in [0.25, 0.3) is 11.3 Å². The minimum atomic E-state index is -0.160. The van der Waals surface area contributed by atoms with Crippen LogP contribution in [0.4, 0.5) is 27.7 Å². The number of benzene rings is 1. The second kappa shape index (κ2) is 8.95. The Labute approximate surface area is 199 Å². The fraction of sp³-hybridized carbons (Fsp3) is 0.346. The van der Waals surface area contributed by atoms with Crippen LogP contribution in [0.2, 0.25) is 0 Å². The first-order valence-electron chi connectivity index (χ1n) is 12.0. The lowest BCUT2D eigenvalue weighted by Crippen LogP contribution is -2.56. The summed E-state index contributed by atoms with van der Waals surface area (Å²) in [4.78, 5) is 29.2. The molecule has 1 aromatic carbocycles. The van der Waals surface area contributed by atoms with Crippen molar-refractivity contribution < 1.29 is 9.53 Å². The van der Waals surface area contributed by atoms with E-state index in [1.807, 2.05) is 17.0 Å². The van der Waals surface area contributed by atoms with Crippen molar-refractivity contribution in [1.29, 1.82) is 0 Å². The highest BCUT2D eigenvalue weighted by atomic mass is 16.5. The highest BCUT2D eigenvalue weighted by Crippen LogP contribution is 2.40. The summed E-state index contributed by atoms with van der Waals surface area (Å²) in [7, 11) is 0. The molecule has 174 valence electrons. The van der Waals surface area contributed by atoms with Crippen molar-refractivity contribution in [3.63, 3.8) is 0 Å². The molecule has 8 nitrogen and oxygen atoms in total. The molecule has 2 fully saturated rings. The molecule has 5 heterocycles. The number of morpholine rings is 1. The normalized spacial score (nSPS) is 19.5. The summed E-state index contributed by atoms with van der Waals surface area (Å²) >= 11 is 0. The molecular formula is C26H28N6O2. The van der Waals surface area contributed by atoms with Gasteiger partial charge in [0.2, 0.25) is 0 Å². The van der Waals surface area contributed by atoms with Crippen molar-refractivity contribution in [3.05, 3.63) is 60.9 Å². The van der Waals surface area contributed by atoms with E-state index >= 15 is 0 Å². The van der Waals surface area contributed by atoms with Crippen LogP contribution in [-0.4, -0.2) is 61.4 Å². The number of hydrogen-bond acceptors (Lipinski definition) is 6. The summed E-state index contributed by atoms with van der Waals surface area (Å²) in [6.45, 7) is 5.11. The van der Waals surface area contributed by atoms with Gasteiger partial charge >= 0.3 is 6.03 Å². The Morgan fingerprint density at radius 3 is 2.79 bits per heavy atom. The first-order chi connectivity index (χ1) is 16.8. The highest BCUT2D eigenvalue weighted by molar-refractivity contribution is 6.04. The van der Waals surface area contributed by atoms with Gasteiger partial charge in [-0.3, -0.25) is 9.88 Å². The number of pyridine rings is 2. The van der Waals surface area contributed by atoms with Gasteiger partial charge in [0.1, 0.15) is 0 Å². The number of piperidine rings is 1. The van der Waals surface area contributed by atoms with Gasteiger partial charge in [-0.1, -0.05) is 12.1 Å². The largest absolute Gasteiger partial charge is 0.378 e. The van der Waals surface area contributed by atoms with E-state index in [-0.39, 0.29) is 12.1 Å². The number of ether oxygens (including phenoxy) is 1. The summed E-state index contributed by atoms with van der Waals surface area (Å²) in [5.41, 5.74) is 4.79. The number of anilines is 4. The quantitative estimate of drug-likeness (QED) is 0.642. The van der Waals surface area contributed by atoms with Crippen LogP contribution < -0.4 is 20.0 Å². The number of rotatable bonds is 3. The van der Waals surface area contributed by atoms with Gasteiger partial charge < -0.3 is 19.9 Å². The van der Waals surface area contributed by atoms with Gasteiger partial charge in [-0.05, 0) is 49.2 Å². The minimum Gasteiger partial charge on any atom is -0.378 e. The van der Waals surface area contributed by atoms with Crippen molar-refractivity contribution in [3.8, 4) is 11.3 Å². The molecule has 1 N–H and O–H groups in total. The molecule has 0 saturated carbocycles. The van der Waals surface area contributed by atoms with Gasteiger partial charge in [0.25, 0.3) is 0 Å². The molecule has 0 radical (unpaired) electrons. The first kappa shape index (κ1) is 20.9. The van der Waals surface area contributed by atoms with Crippen molar-refractivity contribution in [2.75, 3.05) is 59.4 Å². The number of hydrogen-bond donors (Lipinski definition) is 1. The predicted molar refractivity (Wildman–Crippen MR) is 134 cm³/mol. The van der Waals surface area contributed by atoms with E-state index < -0.39 is 0 Å². The third-order valence-electron chi connectivity index (χ3n) is 6.83. The Balaban J connectivity index is 1.36. The monoisotopic (exact) mass is 456 g/mol. The molecule has 8 heteroatoms. The van der Waals surface area contributed by atoms with Crippen molar-refractivity contribution >= 4 is 28.9 Å². The predicted octanol–water partition coefficient (Wildman–Crippen LogP) is 4.00. The average molecular weight is 457 g/mol. The molecule has 3 aliphatic heterocycles. The lowest BCUT2D eigenvalue weighted by molar-refractivity contribution is 0.122. The van der Waals surface area contributed by atoms with Crippen LogP contribution in [-0.2, 0) is 4.74 Å². The van der Waals surface area contributed by atoms with Crippen molar-refractivity contribution in [1.82, 2.24) is 9.97 Å². The van der Waals surface area contributed by atoms with E-state index in [9.17, 15) is 4.79 Å². The zero-order chi connectivity index (χ0) is 22.9. The lowest BCUT2D eigenvalue weighted by atomic mass is 9.99. The highest BCUT2D eigenvalue weighted by Gasteiger charge is 2.38. The van der Waals surface area contributed by atoms with Crippen LogP contribution in [0, 0.1) is 0 Å². The zero-order valence-electron chi connectivity index (χ0n) is 19.1. The Bertz CT molecular complexity index is 1180. The minimum absolute atomic E-state index is 0.0976. The topological polar surface area (TPSA) is 73.8 Å². The molecule has 3 aromatic rings. The second-order valence-electron chi connectivity index (χ2n) is 8.97. The van der Waals surface area contributed by atoms with Gasteiger partial charge in [0, 0.05) is 43.6 Å². The smallest absolute Gasteiger partial charge is 0.327 e. The van der Waals surface area contributed by atoms with E-state index in [1.54, 1.807) is 12.4 Å². The summed E-state index contributed by atoms with van der Waals surface area (Å²) in [6, 6.07) is 16.3. The van der Waals surface area contributed by atoms with Crippen LogP contribution >= 0.6 is 0 Å². The van der Waals surface area contributed by atoms with Crippen molar-refractivity contribution in [2.45, 2.75) is 18.9 Å². The molecule has 6 rings (SSSR count). The number of aromatic nitrogens is 2. The van der Waals surface area contributed by atoms with Gasteiger partial charge in [-0.15, -0.1) is 0 Å². The Kier molecular flexibility index (Phi) is 5.50.